The number of carboxylic acids is 1. The third-order valence-corrected chi connectivity index (χ3v) is 3.59. The van der Waals surface area contributed by atoms with E-state index in [-0.39, 0.29) is 6.42 Å². The van der Waals surface area contributed by atoms with E-state index in [4.69, 9.17) is 10.8 Å². The molecule has 1 saturated heterocycles. The predicted octanol–water partition coefficient (Wildman–Crippen LogP) is 1.42. The highest BCUT2D eigenvalue weighted by atomic mass is 16.4. The molecule has 1 aliphatic heterocycles. The molecule has 114 valence electrons. The summed E-state index contributed by atoms with van der Waals surface area (Å²) in [7, 11) is 0. The molecule has 4 N–H and O–H groups in total. The van der Waals surface area contributed by atoms with Gasteiger partial charge in [-0.2, -0.15) is 0 Å². The summed E-state index contributed by atoms with van der Waals surface area (Å²) < 4.78 is 0. The van der Waals surface area contributed by atoms with E-state index in [2.05, 4.69) is 10.2 Å². The van der Waals surface area contributed by atoms with Gasteiger partial charge in [0.2, 0.25) is 5.91 Å². The number of nitrogens with one attached hydrogen (secondary N) is 1. The lowest BCUT2D eigenvalue weighted by Crippen LogP contribution is -2.37. The first-order valence-corrected chi connectivity index (χ1v) is 7.19. The zero-order valence-electron chi connectivity index (χ0n) is 11.9. The van der Waals surface area contributed by atoms with Gasteiger partial charge in [0, 0.05) is 24.5 Å². The molecule has 0 radical (unpaired) electrons. The van der Waals surface area contributed by atoms with E-state index in [1.54, 1.807) is 0 Å². The maximum Gasteiger partial charge on any atom is 0.305 e. The summed E-state index contributed by atoms with van der Waals surface area (Å²) in [6.07, 6.45) is 3.33. The largest absolute Gasteiger partial charge is 0.481 e. The Labute approximate surface area is 123 Å². The van der Waals surface area contributed by atoms with Crippen molar-refractivity contribution >= 4 is 23.3 Å². The first-order valence-electron chi connectivity index (χ1n) is 7.19. The summed E-state index contributed by atoms with van der Waals surface area (Å²) in [6.45, 7) is 2.13. The van der Waals surface area contributed by atoms with Gasteiger partial charge in [0.05, 0.1) is 12.5 Å². The molecule has 0 aliphatic carbocycles. The maximum atomic E-state index is 11.7. The van der Waals surface area contributed by atoms with Crippen LogP contribution in [-0.4, -0.2) is 36.1 Å². The van der Waals surface area contributed by atoms with Gasteiger partial charge in [0.15, 0.2) is 0 Å². The quantitative estimate of drug-likeness (QED) is 0.762. The third-order valence-electron chi connectivity index (χ3n) is 3.59. The van der Waals surface area contributed by atoms with Crippen LogP contribution in [0.3, 0.4) is 0 Å². The van der Waals surface area contributed by atoms with Crippen LogP contribution in [0.4, 0.5) is 11.4 Å². The minimum Gasteiger partial charge on any atom is -0.481 e. The molecule has 6 heteroatoms. The van der Waals surface area contributed by atoms with Gasteiger partial charge in [-0.1, -0.05) is 0 Å². The normalized spacial score (nSPS) is 16.3. The molecule has 1 amide bonds. The van der Waals surface area contributed by atoms with Crippen LogP contribution in [0.2, 0.25) is 0 Å². The van der Waals surface area contributed by atoms with Gasteiger partial charge in [-0.25, -0.2) is 0 Å². The molecule has 1 atom stereocenters. The lowest BCUT2D eigenvalue weighted by atomic mass is 10.1. The number of carbonyl (C=O) groups excluding carboxylic acids is 1. The summed E-state index contributed by atoms with van der Waals surface area (Å²) in [6, 6.07) is 6.52. The number of carboxylic acid groups (broad SMARTS) is 1. The van der Waals surface area contributed by atoms with Gasteiger partial charge in [0.1, 0.15) is 0 Å². The summed E-state index contributed by atoms with van der Waals surface area (Å²) in [4.78, 5) is 24.6. The minimum absolute atomic E-state index is 0.377. The molecule has 1 aliphatic rings. The number of nitrogens with two attached hydrogens (primary N) is 1. The zero-order valence-corrected chi connectivity index (χ0v) is 11.9. The van der Waals surface area contributed by atoms with Gasteiger partial charge in [0.25, 0.3) is 0 Å². The van der Waals surface area contributed by atoms with Crippen LogP contribution in [-0.2, 0) is 9.59 Å². The van der Waals surface area contributed by atoms with Crippen LogP contribution in [0.5, 0.6) is 0 Å². The molecule has 0 spiro atoms. The molecule has 0 saturated carbocycles. The summed E-state index contributed by atoms with van der Waals surface area (Å²) in [5.74, 6) is -1.57. The number of carbonyl (C=O) groups is 2. The van der Waals surface area contributed by atoms with Crippen LogP contribution >= 0.6 is 0 Å². The first-order chi connectivity index (χ1) is 10.1. The van der Waals surface area contributed by atoms with E-state index in [9.17, 15) is 9.59 Å². The van der Waals surface area contributed by atoms with Crippen molar-refractivity contribution in [2.24, 2.45) is 5.73 Å². The van der Waals surface area contributed by atoms with Crippen molar-refractivity contribution < 1.29 is 14.7 Å². The molecule has 1 aromatic carbocycles. The van der Waals surface area contributed by atoms with E-state index in [1.165, 1.54) is 19.3 Å². The lowest BCUT2D eigenvalue weighted by molar-refractivity contribution is -0.138. The fraction of sp³-hybridized carbons (Fsp3) is 0.467. The van der Waals surface area contributed by atoms with E-state index in [0.717, 1.165) is 18.8 Å². The van der Waals surface area contributed by atoms with Gasteiger partial charge >= 0.3 is 5.97 Å². The third kappa shape index (κ3) is 4.46. The second-order valence-corrected chi connectivity index (χ2v) is 5.29. The Morgan fingerprint density at radius 2 is 1.81 bits per heavy atom. The van der Waals surface area contributed by atoms with Crippen molar-refractivity contribution in [1.29, 1.82) is 0 Å². The molecule has 0 bridgehead atoms. The summed E-state index contributed by atoms with van der Waals surface area (Å²) in [5.41, 5.74) is 7.28. The Hall–Kier alpha value is -2.08. The number of benzene rings is 1. The highest BCUT2D eigenvalue weighted by molar-refractivity contribution is 5.96. The Kier molecular flexibility index (Phi) is 5.16. The lowest BCUT2D eigenvalue weighted by Gasteiger charge is -2.28. The number of piperidine rings is 1. The number of anilines is 2. The Balaban J connectivity index is 1.92. The van der Waals surface area contributed by atoms with Gasteiger partial charge < -0.3 is 21.1 Å². The topological polar surface area (TPSA) is 95.7 Å². The van der Waals surface area contributed by atoms with Crippen LogP contribution in [0.1, 0.15) is 25.7 Å². The molecule has 1 unspecified atom stereocenters. The second-order valence-electron chi connectivity index (χ2n) is 5.29. The van der Waals surface area contributed by atoms with Gasteiger partial charge in [-0.15, -0.1) is 0 Å². The van der Waals surface area contributed by atoms with Crippen LogP contribution in [0.15, 0.2) is 24.3 Å². The number of nitrogens with zero attached hydrogens (tertiary/aromatic N) is 1. The highest BCUT2D eigenvalue weighted by Crippen LogP contribution is 2.21. The van der Waals surface area contributed by atoms with E-state index < -0.39 is 17.9 Å². The zero-order chi connectivity index (χ0) is 15.2. The van der Waals surface area contributed by atoms with E-state index in [1.807, 2.05) is 24.3 Å². The second kappa shape index (κ2) is 7.08. The Morgan fingerprint density at radius 1 is 1.19 bits per heavy atom. The molecule has 21 heavy (non-hydrogen) atoms. The van der Waals surface area contributed by atoms with Crippen molar-refractivity contribution in [1.82, 2.24) is 0 Å². The summed E-state index contributed by atoms with van der Waals surface area (Å²) in [5, 5.41) is 11.2. The fourth-order valence-corrected chi connectivity index (χ4v) is 2.42. The van der Waals surface area contributed by atoms with Crippen molar-refractivity contribution in [2.45, 2.75) is 31.7 Å². The molecule has 0 aromatic heterocycles. The molecule has 2 rings (SSSR count). The minimum atomic E-state index is -1.09. The number of rotatable bonds is 5. The average molecular weight is 291 g/mol. The monoisotopic (exact) mass is 291 g/mol. The van der Waals surface area contributed by atoms with Gasteiger partial charge in [-0.3, -0.25) is 9.59 Å². The highest BCUT2D eigenvalue weighted by Gasteiger charge is 2.17. The smallest absolute Gasteiger partial charge is 0.305 e. The number of amides is 1. The number of hydrogen-bond donors (Lipinski definition) is 3. The fourth-order valence-electron chi connectivity index (χ4n) is 2.42. The van der Waals surface area contributed by atoms with E-state index in [0.29, 0.717) is 5.69 Å². The SMILES string of the molecule is NC(CC(=O)O)C(=O)Nc1ccc(N2CCCCC2)cc1. The van der Waals surface area contributed by atoms with Crippen molar-refractivity contribution in [3.63, 3.8) is 0 Å². The summed E-state index contributed by atoms with van der Waals surface area (Å²) >= 11 is 0. The van der Waals surface area contributed by atoms with Crippen molar-refractivity contribution in [3.8, 4) is 0 Å². The molecule has 6 nitrogen and oxygen atoms in total. The molecule has 1 fully saturated rings. The Morgan fingerprint density at radius 3 is 2.38 bits per heavy atom. The van der Waals surface area contributed by atoms with Crippen LogP contribution < -0.4 is 16.0 Å². The predicted molar refractivity (Wildman–Crippen MR) is 81.4 cm³/mol. The Bertz CT molecular complexity index is 495. The molecular weight excluding hydrogens is 270 g/mol. The van der Waals surface area contributed by atoms with Crippen molar-refractivity contribution in [3.05, 3.63) is 24.3 Å². The van der Waals surface area contributed by atoms with E-state index >= 15 is 0 Å². The average Bonchev–Trinajstić information content (AvgIpc) is 2.48. The standard InChI is InChI=1S/C15H21N3O3/c16-13(10-14(19)20)15(21)17-11-4-6-12(7-5-11)18-8-2-1-3-9-18/h4-7,13H,1-3,8-10,16H2,(H,17,21)(H,19,20). The van der Waals surface area contributed by atoms with Crippen LogP contribution in [0.25, 0.3) is 0 Å². The van der Waals surface area contributed by atoms with Crippen molar-refractivity contribution in [2.75, 3.05) is 23.3 Å². The maximum absolute atomic E-state index is 11.7. The molecular formula is C15H21N3O3. The number of aliphatic carboxylic acids is 1. The van der Waals surface area contributed by atoms with Gasteiger partial charge in [-0.05, 0) is 43.5 Å². The number of hydrogen-bond acceptors (Lipinski definition) is 4. The molecule has 1 heterocycles. The first kappa shape index (κ1) is 15.3. The van der Waals surface area contributed by atoms with Crippen LogP contribution in [0, 0.1) is 0 Å². The molecule has 1 aromatic rings.